The number of halogens is 2. The number of thiol groups is 1. The van der Waals surface area contributed by atoms with Gasteiger partial charge in [-0.15, -0.1) is 12.6 Å². The fraction of sp³-hybridized carbons (Fsp3) is 0.222. The van der Waals surface area contributed by atoms with E-state index >= 15 is 0 Å². The van der Waals surface area contributed by atoms with E-state index in [1.807, 2.05) is 0 Å². The quantitative estimate of drug-likeness (QED) is 0.423. The molecular formula is C9H10F2N2OS. The highest BCUT2D eigenvalue weighted by atomic mass is 32.1. The standard InChI is InChI=1S/C9H10F2N2OS/c10-8(11)14-7-3-1-6(2-4-7)5-13-9(12)15/h1-4,8H,5H2,(H3,12,13,15). The lowest BCUT2D eigenvalue weighted by Crippen LogP contribution is -2.16. The van der Waals surface area contributed by atoms with Gasteiger partial charge in [-0.05, 0) is 17.7 Å². The minimum atomic E-state index is -2.81. The largest absolute Gasteiger partial charge is 0.435 e. The average Bonchev–Trinajstić information content (AvgIpc) is 2.16. The van der Waals surface area contributed by atoms with Gasteiger partial charge >= 0.3 is 6.61 Å². The molecule has 15 heavy (non-hydrogen) atoms. The first kappa shape index (κ1) is 11.8. The van der Waals surface area contributed by atoms with Gasteiger partial charge in [-0.1, -0.05) is 12.1 Å². The summed E-state index contributed by atoms with van der Waals surface area (Å²) >= 11 is 3.74. The van der Waals surface area contributed by atoms with Crippen LogP contribution in [0.3, 0.4) is 0 Å². The molecule has 0 heterocycles. The number of hydrogen-bond donors (Lipinski definition) is 3. The lowest BCUT2D eigenvalue weighted by molar-refractivity contribution is -0.0498. The van der Waals surface area contributed by atoms with Gasteiger partial charge in [-0.3, -0.25) is 5.41 Å². The van der Waals surface area contributed by atoms with Crippen molar-refractivity contribution < 1.29 is 13.5 Å². The van der Waals surface area contributed by atoms with Crippen LogP contribution in [-0.4, -0.2) is 11.8 Å². The van der Waals surface area contributed by atoms with Gasteiger partial charge in [0.2, 0.25) is 0 Å². The highest BCUT2D eigenvalue weighted by Gasteiger charge is 2.03. The van der Waals surface area contributed by atoms with Crippen molar-refractivity contribution in [1.29, 1.82) is 5.41 Å². The normalized spacial score (nSPS) is 10.1. The Morgan fingerprint density at radius 2 is 2.00 bits per heavy atom. The number of amidine groups is 1. The Kier molecular flexibility index (Phi) is 4.36. The molecular weight excluding hydrogens is 222 g/mol. The van der Waals surface area contributed by atoms with Crippen LogP contribution in [0.2, 0.25) is 0 Å². The van der Waals surface area contributed by atoms with E-state index in [0.29, 0.717) is 6.54 Å². The summed E-state index contributed by atoms with van der Waals surface area (Å²) in [6, 6.07) is 6.18. The summed E-state index contributed by atoms with van der Waals surface area (Å²) in [6.07, 6.45) is 0. The Bertz CT molecular complexity index is 329. The maximum atomic E-state index is 11.8. The second kappa shape index (κ2) is 5.55. The molecule has 1 aromatic rings. The minimum absolute atomic E-state index is 0.0582. The Morgan fingerprint density at radius 1 is 1.40 bits per heavy atom. The van der Waals surface area contributed by atoms with Gasteiger partial charge in [-0.25, -0.2) is 0 Å². The van der Waals surface area contributed by atoms with Crippen LogP contribution in [0, 0.1) is 5.41 Å². The molecule has 82 valence electrons. The van der Waals surface area contributed by atoms with E-state index in [1.165, 1.54) is 12.1 Å². The van der Waals surface area contributed by atoms with E-state index < -0.39 is 6.61 Å². The van der Waals surface area contributed by atoms with Crippen LogP contribution >= 0.6 is 12.6 Å². The molecule has 0 unspecified atom stereocenters. The van der Waals surface area contributed by atoms with Crippen LogP contribution in [-0.2, 0) is 6.54 Å². The fourth-order valence-electron chi connectivity index (χ4n) is 0.975. The third-order valence-electron chi connectivity index (χ3n) is 1.61. The van der Waals surface area contributed by atoms with Crippen LogP contribution in [0.1, 0.15) is 5.56 Å². The Balaban J connectivity index is 2.52. The second-order valence-electron chi connectivity index (χ2n) is 2.72. The Morgan fingerprint density at radius 3 is 2.47 bits per heavy atom. The van der Waals surface area contributed by atoms with Gasteiger partial charge in [0.1, 0.15) is 5.75 Å². The first-order chi connectivity index (χ1) is 7.08. The van der Waals surface area contributed by atoms with E-state index in [1.54, 1.807) is 12.1 Å². The van der Waals surface area contributed by atoms with Crippen LogP contribution in [0.5, 0.6) is 5.75 Å². The Hall–Kier alpha value is -1.30. The van der Waals surface area contributed by atoms with Crippen molar-refractivity contribution in [3.8, 4) is 5.75 Å². The predicted molar refractivity (Wildman–Crippen MR) is 56.6 cm³/mol. The maximum Gasteiger partial charge on any atom is 0.387 e. The summed E-state index contributed by atoms with van der Waals surface area (Å²) in [5.41, 5.74) is 0.857. The summed E-state index contributed by atoms with van der Waals surface area (Å²) in [5.74, 6) is 0.120. The summed E-state index contributed by atoms with van der Waals surface area (Å²) < 4.78 is 27.8. The van der Waals surface area contributed by atoms with E-state index in [-0.39, 0.29) is 10.9 Å². The summed E-state index contributed by atoms with van der Waals surface area (Å²) in [5, 5.41) is 9.75. The van der Waals surface area contributed by atoms with Gasteiger partial charge in [0.05, 0.1) is 0 Å². The van der Waals surface area contributed by atoms with Crippen LogP contribution in [0.15, 0.2) is 24.3 Å². The molecule has 0 fully saturated rings. The molecule has 0 amide bonds. The van der Waals surface area contributed by atoms with Crippen molar-refractivity contribution >= 4 is 17.8 Å². The topological polar surface area (TPSA) is 45.1 Å². The minimum Gasteiger partial charge on any atom is -0.435 e. The molecule has 6 heteroatoms. The maximum absolute atomic E-state index is 11.8. The molecule has 1 aromatic carbocycles. The first-order valence-electron chi connectivity index (χ1n) is 4.13. The van der Waals surface area contributed by atoms with Crippen molar-refractivity contribution in [1.82, 2.24) is 5.32 Å². The van der Waals surface area contributed by atoms with Crippen molar-refractivity contribution in [2.24, 2.45) is 0 Å². The third kappa shape index (κ3) is 4.64. The fourth-order valence-corrected chi connectivity index (χ4v) is 1.05. The van der Waals surface area contributed by atoms with Gasteiger partial charge < -0.3 is 10.1 Å². The van der Waals surface area contributed by atoms with Gasteiger partial charge in [-0.2, -0.15) is 8.78 Å². The number of nitrogens with one attached hydrogen (secondary N) is 2. The first-order valence-corrected chi connectivity index (χ1v) is 4.58. The van der Waals surface area contributed by atoms with Crippen LogP contribution in [0.25, 0.3) is 0 Å². The lowest BCUT2D eigenvalue weighted by atomic mass is 10.2. The molecule has 0 atom stereocenters. The second-order valence-corrected chi connectivity index (χ2v) is 3.17. The molecule has 0 aliphatic heterocycles. The van der Waals surface area contributed by atoms with Crippen molar-refractivity contribution in [3.05, 3.63) is 29.8 Å². The zero-order chi connectivity index (χ0) is 11.3. The van der Waals surface area contributed by atoms with Crippen molar-refractivity contribution in [2.45, 2.75) is 13.2 Å². The molecule has 0 saturated heterocycles. The van der Waals surface area contributed by atoms with E-state index in [0.717, 1.165) is 5.56 Å². The van der Waals surface area contributed by atoms with Gasteiger partial charge in [0.25, 0.3) is 0 Å². The molecule has 0 aliphatic rings. The van der Waals surface area contributed by atoms with E-state index in [2.05, 4.69) is 22.7 Å². The highest BCUT2D eigenvalue weighted by Crippen LogP contribution is 2.14. The van der Waals surface area contributed by atoms with E-state index in [9.17, 15) is 8.78 Å². The molecule has 3 nitrogen and oxygen atoms in total. The van der Waals surface area contributed by atoms with Gasteiger partial charge in [0.15, 0.2) is 5.17 Å². The summed E-state index contributed by atoms with van der Waals surface area (Å²) in [7, 11) is 0. The predicted octanol–water partition coefficient (Wildman–Crippen LogP) is 2.24. The van der Waals surface area contributed by atoms with Gasteiger partial charge in [0, 0.05) is 6.54 Å². The average molecular weight is 232 g/mol. The molecule has 0 saturated carbocycles. The van der Waals surface area contributed by atoms with E-state index in [4.69, 9.17) is 5.41 Å². The monoisotopic (exact) mass is 232 g/mol. The molecule has 0 radical (unpaired) electrons. The molecule has 0 aliphatic carbocycles. The zero-order valence-electron chi connectivity index (χ0n) is 7.71. The number of ether oxygens (including phenoxy) is 1. The molecule has 0 aromatic heterocycles. The summed E-state index contributed by atoms with van der Waals surface area (Å²) in [6.45, 7) is -2.38. The number of benzene rings is 1. The molecule has 0 bridgehead atoms. The van der Waals surface area contributed by atoms with Crippen LogP contribution in [0.4, 0.5) is 8.78 Å². The number of rotatable bonds is 4. The SMILES string of the molecule is N=C(S)NCc1ccc(OC(F)F)cc1. The molecule has 0 spiro atoms. The highest BCUT2D eigenvalue weighted by molar-refractivity contribution is 7.96. The summed E-state index contributed by atoms with van der Waals surface area (Å²) in [4.78, 5) is 0. The molecule has 2 N–H and O–H groups in total. The number of hydrogen-bond acceptors (Lipinski definition) is 2. The Labute approximate surface area is 91.4 Å². The lowest BCUT2D eigenvalue weighted by Gasteiger charge is -2.06. The third-order valence-corrected chi connectivity index (χ3v) is 1.77. The number of alkyl halides is 2. The van der Waals surface area contributed by atoms with Crippen molar-refractivity contribution in [2.75, 3.05) is 0 Å². The smallest absolute Gasteiger partial charge is 0.387 e. The van der Waals surface area contributed by atoms with Crippen LogP contribution < -0.4 is 10.1 Å². The zero-order valence-corrected chi connectivity index (χ0v) is 8.60. The van der Waals surface area contributed by atoms with Crippen molar-refractivity contribution in [3.63, 3.8) is 0 Å². The molecule has 1 rings (SSSR count).